The van der Waals surface area contributed by atoms with E-state index in [0.29, 0.717) is 11.3 Å². The zero-order valence-electron chi connectivity index (χ0n) is 8.33. The third-order valence-corrected chi connectivity index (χ3v) is 2.33. The minimum atomic E-state index is -0.343. The van der Waals surface area contributed by atoms with E-state index in [9.17, 15) is 9.59 Å². The molecule has 0 fully saturated rings. The van der Waals surface area contributed by atoms with E-state index in [1.54, 1.807) is 31.2 Å². The standard InChI is InChI=1S/C11H11BrO3/c1-2-11(14)15-10-6-4-3-5-8(10)9(13)7-12/h3-6H,2,7H2,1H3. The van der Waals surface area contributed by atoms with Crippen LogP contribution in [0.4, 0.5) is 0 Å². The average Bonchev–Trinajstić information content (AvgIpc) is 2.28. The normalized spacial score (nSPS) is 9.73. The number of halogens is 1. The largest absolute Gasteiger partial charge is 0.426 e. The number of hydrogen-bond acceptors (Lipinski definition) is 3. The Morgan fingerprint density at radius 1 is 1.33 bits per heavy atom. The Morgan fingerprint density at radius 2 is 2.00 bits per heavy atom. The summed E-state index contributed by atoms with van der Waals surface area (Å²) < 4.78 is 5.04. The van der Waals surface area contributed by atoms with Gasteiger partial charge >= 0.3 is 5.97 Å². The van der Waals surface area contributed by atoms with Gasteiger partial charge in [-0.3, -0.25) is 9.59 Å². The monoisotopic (exact) mass is 270 g/mol. The fraction of sp³-hybridized carbons (Fsp3) is 0.273. The molecule has 1 rings (SSSR count). The Morgan fingerprint density at radius 3 is 2.60 bits per heavy atom. The van der Waals surface area contributed by atoms with Crippen molar-refractivity contribution in [3.8, 4) is 5.75 Å². The predicted molar refractivity (Wildman–Crippen MR) is 60.5 cm³/mol. The van der Waals surface area contributed by atoms with Crippen LogP contribution in [0.1, 0.15) is 23.7 Å². The van der Waals surface area contributed by atoms with Crippen molar-refractivity contribution in [1.82, 2.24) is 0 Å². The molecule has 0 atom stereocenters. The van der Waals surface area contributed by atoms with Crippen LogP contribution < -0.4 is 4.74 Å². The van der Waals surface area contributed by atoms with Gasteiger partial charge in [0.15, 0.2) is 5.78 Å². The van der Waals surface area contributed by atoms with Crippen molar-refractivity contribution < 1.29 is 14.3 Å². The number of esters is 1. The highest BCUT2D eigenvalue weighted by Gasteiger charge is 2.12. The Bertz CT molecular complexity index is 374. The first-order chi connectivity index (χ1) is 7.19. The lowest BCUT2D eigenvalue weighted by atomic mass is 10.1. The van der Waals surface area contributed by atoms with Crippen molar-refractivity contribution in [1.29, 1.82) is 0 Å². The number of hydrogen-bond donors (Lipinski definition) is 0. The molecule has 0 amide bonds. The first-order valence-electron chi connectivity index (χ1n) is 4.58. The Hall–Kier alpha value is -1.16. The van der Waals surface area contributed by atoms with Gasteiger partial charge in [0.05, 0.1) is 10.9 Å². The highest BCUT2D eigenvalue weighted by Crippen LogP contribution is 2.19. The van der Waals surface area contributed by atoms with Gasteiger partial charge in [-0.1, -0.05) is 35.0 Å². The number of Topliss-reactive ketones (excluding diaryl/α,β-unsaturated/α-hetero) is 1. The molecule has 0 radical (unpaired) electrons. The van der Waals surface area contributed by atoms with Crippen LogP contribution in [-0.2, 0) is 4.79 Å². The van der Waals surface area contributed by atoms with Crippen LogP contribution in [-0.4, -0.2) is 17.1 Å². The molecule has 0 spiro atoms. The van der Waals surface area contributed by atoms with E-state index in [0.717, 1.165) is 0 Å². The molecule has 15 heavy (non-hydrogen) atoms. The first-order valence-corrected chi connectivity index (χ1v) is 5.70. The van der Waals surface area contributed by atoms with Crippen LogP contribution in [0.25, 0.3) is 0 Å². The maximum Gasteiger partial charge on any atom is 0.310 e. The quantitative estimate of drug-likeness (QED) is 0.366. The summed E-state index contributed by atoms with van der Waals surface area (Å²) in [5.74, 6) is -0.117. The number of ketones is 1. The summed E-state index contributed by atoms with van der Waals surface area (Å²) in [7, 11) is 0. The molecular weight excluding hydrogens is 260 g/mol. The molecule has 0 unspecified atom stereocenters. The fourth-order valence-electron chi connectivity index (χ4n) is 1.05. The van der Waals surface area contributed by atoms with Crippen LogP contribution in [0.15, 0.2) is 24.3 Å². The van der Waals surface area contributed by atoms with Crippen molar-refractivity contribution in [2.45, 2.75) is 13.3 Å². The van der Waals surface area contributed by atoms with E-state index in [4.69, 9.17) is 4.74 Å². The number of alkyl halides is 1. The molecule has 0 aliphatic carbocycles. The average molecular weight is 271 g/mol. The second-order valence-electron chi connectivity index (χ2n) is 2.88. The number of carbonyl (C=O) groups excluding carboxylic acids is 2. The van der Waals surface area contributed by atoms with E-state index >= 15 is 0 Å². The summed E-state index contributed by atoms with van der Waals surface area (Å²) in [5.41, 5.74) is 0.427. The number of benzene rings is 1. The van der Waals surface area contributed by atoms with Crippen LogP contribution in [0.5, 0.6) is 5.75 Å². The van der Waals surface area contributed by atoms with Gasteiger partial charge in [-0.05, 0) is 12.1 Å². The number of ether oxygens (including phenoxy) is 1. The summed E-state index contributed by atoms with van der Waals surface area (Å²) in [6.45, 7) is 1.71. The molecule has 1 aromatic carbocycles. The van der Waals surface area contributed by atoms with Gasteiger partial charge in [0.2, 0.25) is 0 Å². The van der Waals surface area contributed by atoms with Crippen molar-refractivity contribution in [3.63, 3.8) is 0 Å². The van der Waals surface area contributed by atoms with Crippen molar-refractivity contribution in [2.24, 2.45) is 0 Å². The molecule has 0 bridgehead atoms. The number of rotatable bonds is 4. The predicted octanol–water partition coefficient (Wildman–Crippen LogP) is 2.58. The summed E-state index contributed by atoms with van der Waals surface area (Å²) >= 11 is 3.08. The van der Waals surface area contributed by atoms with Gasteiger partial charge in [-0.25, -0.2) is 0 Å². The summed E-state index contributed by atoms with van der Waals surface area (Å²) in [4.78, 5) is 22.6. The molecule has 1 aromatic rings. The zero-order valence-corrected chi connectivity index (χ0v) is 9.91. The molecule has 0 aliphatic rings. The molecule has 0 heterocycles. The number of para-hydroxylation sites is 1. The lowest BCUT2D eigenvalue weighted by Gasteiger charge is -2.06. The smallest absolute Gasteiger partial charge is 0.310 e. The van der Waals surface area contributed by atoms with Gasteiger partial charge in [0.25, 0.3) is 0 Å². The van der Waals surface area contributed by atoms with Crippen molar-refractivity contribution >= 4 is 27.7 Å². The minimum absolute atomic E-state index is 0.102. The van der Waals surface area contributed by atoms with Gasteiger partial charge in [0.1, 0.15) is 5.75 Å². The lowest BCUT2D eigenvalue weighted by molar-refractivity contribution is -0.134. The van der Waals surface area contributed by atoms with E-state index in [1.807, 2.05) is 0 Å². The van der Waals surface area contributed by atoms with E-state index in [2.05, 4.69) is 15.9 Å². The van der Waals surface area contributed by atoms with Gasteiger partial charge in [-0.2, -0.15) is 0 Å². The third kappa shape index (κ3) is 3.16. The molecule has 0 saturated carbocycles. The lowest BCUT2D eigenvalue weighted by Crippen LogP contribution is -2.10. The number of carbonyl (C=O) groups is 2. The highest BCUT2D eigenvalue weighted by molar-refractivity contribution is 9.09. The summed E-state index contributed by atoms with van der Waals surface area (Å²) in [5, 5.41) is 0.216. The second-order valence-corrected chi connectivity index (χ2v) is 3.44. The zero-order chi connectivity index (χ0) is 11.3. The SMILES string of the molecule is CCC(=O)Oc1ccccc1C(=O)CBr. The fourth-order valence-corrected chi connectivity index (χ4v) is 1.35. The molecule has 4 heteroatoms. The Kier molecular flexibility index (Phi) is 4.49. The second kappa shape index (κ2) is 5.66. The van der Waals surface area contributed by atoms with Crippen molar-refractivity contribution in [3.05, 3.63) is 29.8 Å². The maximum atomic E-state index is 11.5. The third-order valence-electron chi connectivity index (χ3n) is 1.82. The van der Waals surface area contributed by atoms with E-state index in [1.165, 1.54) is 0 Å². The van der Waals surface area contributed by atoms with Crippen LogP contribution in [0.3, 0.4) is 0 Å². The first kappa shape index (κ1) is 11.9. The van der Waals surface area contributed by atoms with Gasteiger partial charge < -0.3 is 4.74 Å². The minimum Gasteiger partial charge on any atom is -0.426 e. The molecule has 0 aromatic heterocycles. The van der Waals surface area contributed by atoms with E-state index in [-0.39, 0.29) is 23.5 Å². The molecular formula is C11H11BrO3. The Balaban J connectivity index is 2.96. The van der Waals surface area contributed by atoms with Crippen LogP contribution in [0.2, 0.25) is 0 Å². The van der Waals surface area contributed by atoms with Crippen molar-refractivity contribution in [2.75, 3.05) is 5.33 Å². The van der Waals surface area contributed by atoms with Gasteiger partial charge in [-0.15, -0.1) is 0 Å². The molecule has 80 valence electrons. The van der Waals surface area contributed by atoms with E-state index < -0.39 is 0 Å². The Labute approximate surface area is 96.6 Å². The summed E-state index contributed by atoms with van der Waals surface area (Å²) in [6.07, 6.45) is 0.289. The molecule has 0 N–H and O–H groups in total. The van der Waals surface area contributed by atoms with Gasteiger partial charge in [0, 0.05) is 6.42 Å². The summed E-state index contributed by atoms with van der Waals surface area (Å²) in [6, 6.07) is 6.72. The van der Waals surface area contributed by atoms with Crippen LogP contribution >= 0.6 is 15.9 Å². The topological polar surface area (TPSA) is 43.4 Å². The molecule has 0 saturated heterocycles. The maximum absolute atomic E-state index is 11.5. The highest BCUT2D eigenvalue weighted by atomic mass is 79.9. The molecule has 3 nitrogen and oxygen atoms in total. The van der Waals surface area contributed by atoms with Crippen LogP contribution in [0, 0.1) is 0 Å². The molecule has 0 aliphatic heterocycles.